The van der Waals surface area contributed by atoms with E-state index in [-0.39, 0.29) is 17.9 Å². The zero-order chi connectivity index (χ0) is 27.2. The maximum atomic E-state index is 13.9. The summed E-state index contributed by atoms with van der Waals surface area (Å²) in [4.78, 5) is 34.6. The molecule has 206 valence electrons. The van der Waals surface area contributed by atoms with E-state index in [4.69, 9.17) is 4.74 Å². The van der Waals surface area contributed by atoms with Crippen molar-refractivity contribution >= 4 is 23.2 Å². The Labute approximate surface area is 235 Å². The lowest BCUT2D eigenvalue weighted by atomic mass is 10.0. The van der Waals surface area contributed by atoms with Crippen LogP contribution in [0.3, 0.4) is 0 Å². The second kappa shape index (κ2) is 12.8. The van der Waals surface area contributed by atoms with Crippen molar-refractivity contribution in [2.75, 3.05) is 39.8 Å². The summed E-state index contributed by atoms with van der Waals surface area (Å²) in [5, 5.41) is 5.31. The fourth-order valence-corrected chi connectivity index (χ4v) is 6.36. The van der Waals surface area contributed by atoms with Crippen molar-refractivity contribution in [3.8, 4) is 5.75 Å². The standard InChI is InChI=1S/C31H38N4O3S/c1-23-8-3-4-10-25(23)21-34(20-24-9-5-11-27(18-24)38-2)26-19-28(30(36)33-15-7-13-32-14-16-33)35(22-26)31(37)29-12-6-17-39-29/h3-6,8-12,17-18,26,28,32H,7,13-16,19-22H2,1-2H3. The van der Waals surface area contributed by atoms with Crippen LogP contribution in [0.4, 0.5) is 0 Å². The fourth-order valence-electron chi connectivity index (χ4n) is 5.68. The van der Waals surface area contributed by atoms with E-state index in [0.717, 1.165) is 43.9 Å². The van der Waals surface area contributed by atoms with Crippen molar-refractivity contribution < 1.29 is 14.3 Å². The quantitative estimate of drug-likeness (QED) is 0.460. The highest BCUT2D eigenvalue weighted by molar-refractivity contribution is 7.12. The molecule has 1 aromatic heterocycles. The van der Waals surface area contributed by atoms with Crippen LogP contribution in [0.2, 0.25) is 0 Å². The SMILES string of the molecule is COc1cccc(CN(Cc2ccccc2C)C2CC(C(=O)N3CCCNCC3)N(C(=O)c3cccs3)C2)c1. The number of carbonyl (C=O) groups excluding carboxylic acids is 2. The molecular formula is C31H38N4O3S. The summed E-state index contributed by atoms with van der Waals surface area (Å²) in [6.07, 6.45) is 1.55. The molecule has 0 bridgehead atoms. The first-order valence-corrected chi connectivity index (χ1v) is 14.7. The van der Waals surface area contributed by atoms with Gasteiger partial charge in [-0.25, -0.2) is 0 Å². The van der Waals surface area contributed by atoms with Crippen LogP contribution in [-0.4, -0.2) is 78.4 Å². The molecule has 5 rings (SSSR count). The number of carbonyl (C=O) groups is 2. The summed E-state index contributed by atoms with van der Waals surface area (Å²) in [5.41, 5.74) is 3.64. The Bertz CT molecular complexity index is 1260. The van der Waals surface area contributed by atoms with Gasteiger partial charge in [0.25, 0.3) is 5.91 Å². The van der Waals surface area contributed by atoms with Gasteiger partial charge in [0.15, 0.2) is 0 Å². The Balaban J connectivity index is 1.45. The first kappa shape index (κ1) is 27.4. The lowest BCUT2D eigenvalue weighted by Crippen LogP contribution is -2.48. The molecule has 7 nitrogen and oxygen atoms in total. The van der Waals surface area contributed by atoms with Crippen molar-refractivity contribution in [1.82, 2.24) is 20.0 Å². The lowest BCUT2D eigenvalue weighted by molar-refractivity contribution is -0.135. The third kappa shape index (κ3) is 6.52. The Hall–Kier alpha value is -3.20. The third-order valence-corrected chi connectivity index (χ3v) is 8.74. The molecule has 1 N–H and O–H groups in total. The van der Waals surface area contributed by atoms with E-state index in [2.05, 4.69) is 53.5 Å². The molecule has 2 aromatic carbocycles. The maximum absolute atomic E-state index is 13.9. The first-order valence-electron chi connectivity index (χ1n) is 13.8. The van der Waals surface area contributed by atoms with Crippen LogP contribution >= 0.6 is 11.3 Å². The van der Waals surface area contributed by atoms with E-state index < -0.39 is 6.04 Å². The minimum atomic E-state index is -0.465. The number of rotatable bonds is 8. The summed E-state index contributed by atoms with van der Waals surface area (Å²) in [5.74, 6) is 0.853. The number of benzene rings is 2. The van der Waals surface area contributed by atoms with Gasteiger partial charge >= 0.3 is 0 Å². The number of thiophene rings is 1. The molecule has 2 aliphatic heterocycles. The maximum Gasteiger partial charge on any atom is 0.264 e. The average molecular weight is 547 g/mol. The van der Waals surface area contributed by atoms with Gasteiger partial charge in [0.05, 0.1) is 12.0 Å². The molecule has 8 heteroatoms. The van der Waals surface area contributed by atoms with Gasteiger partial charge in [-0.05, 0) is 66.6 Å². The summed E-state index contributed by atoms with van der Waals surface area (Å²) in [7, 11) is 1.68. The summed E-state index contributed by atoms with van der Waals surface area (Å²) in [6.45, 7) is 7.21. The predicted octanol–water partition coefficient (Wildman–Crippen LogP) is 4.17. The molecule has 2 aliphatic rings. The number of hydrogen-bond acceptors (Lipinski definition) is 6. The van der Waals surface area contributed by atoms with E-state index >= 15 is 0 Å². The largest absolute Gasteiger partial charge is 0.497 e. The lowest BCUT2D eigenvalue weighted by Gasteiger charge is -2.30. The van der Waals surface area contributed by atoms with Crippen LogP contribution in [0.5, 0.6) is 5.75 Å². The van der Waals surface area contributed by atoms with Gasteiger partial charge in [-0.3, -0.25) is 14.5 Å². The van der Waals surface area contributed by atoms with Gasteiger partial charge in [0.2, 0.25) is 5.91 Å². The van der Waals surface area contributed by atoms with Gasteiger partial charge in [-0.15, -0.1) is 11.3 Å². The summed E-state index contributed by atoms with van der Waals surface area (Å²) in [6, 6.07) is 19.9. The van der Waals surface area contributed by atoms with Crippen LogP contribution < -0.4 is 10.1 Å². The zero-order valence-corrected chi connectivity index (χ0v) is 23.7. The average Bonchev–Trinajstić information content (AvgIpc) is 3.58. The van der Waals surface area contributed by atoms with Crippen molar-refractivity contribution in [3.63, 3.8) is 0 Å². The van der Waals surface area contributed by atoms with Crippen LogP contribution in [0, 0.1) is 6.92 Å². The molecule has 0 saturated carbocycles. The highest BCUT2D eigenvalue weighted by Gasteiger charge is 2.43. The zero-order valence-electron chi connectivity index (χ0n) is 22.8. The number of likely N-dealkylation sites (tertiary alicyclic amines) is 1. The molecule has 3 heterocycles. The molecule has 2 amide bonds. The van der Waals surface area contributed by atoms with Crippen molar-refractivity contribution in [2.45, 2.75) is 44.9 Å². The molecule has 0 radical (unpaired) electrons. The molecule has 2 atom stereocenters. The molecule has 2 unspecified atom stereocenters. The number of hydrogen-bond donors (Lipinski definition) is 1. The van der Waals surface area contributed by atoms with Crippen molar-refractivity contribution in [3.05, 3.63) is 87.6 Å². The molecule has 3 aromatic rings. The van der Waals surface area contributed by atoms with Gasteiger partial charge in [0, 0.05) is 45.3 Å². The molecule has 2 fully saturated rings. The Morgan fingerprint density at radius 3 is 2.72 bits per heavy atom. The Morgan fingerprint density at radius 1 is 1.05 bits per heavy atom. The topological polar surface area (TPSA) is 65.1 Å². The van der Waals surface area contributed by atoms with Gasteiger partial charge in [-0.2, -0.15) is 0 Å². The smallest absolute Gasteiger partial charge is 0.264 e. The van der Waals surface area contributed by atoms with Crippen molar-refractivity contribution in [2.24, 2.45) is 0 Å². The van der Waals surface area contributed by atoms with E-state index in [1.165, 1.54) is 22.5 Å². The molecule has 2 saturated heterocycles. The van der Waals surface area contributed by atoms with E-state index in [1.54, 1.807) is 7.11 Å². The second-order valence-electron chi connectivity index (χ2n) is 10.5. The number of aryl methyl sites for hydroxylation is 1. The molecule has 39 heavy (non-hydrogen) atoms. The van der Waals surface area contributed by atoms with E-state index in [0.29, 0.717) is 30.9 Å². The van der Waals surface area contributed by atoms with Gasteiger partial charge < -0.3 is 19.9 Å². The van der Waals surface area contributed by atoms with Crippen LogP contribution in [0.1, 0.15) is 39.2 Å². The van der Waals surface area contributed by atoms with Gasteiger partial charge in [0.1, 0.15) is 11.8 Å². The minimum Gasteiger partial charge on any atom is -0.497 e. The van der Waals surface area contributed by atoms with Gasteiger partial charge in [-0.1, -0.05) is 42.5 Å². The van der Waals surface area contributed by atoms with E-state index in [1.807, 2.05) is 39.4 Å². The van der Waals surface area contributed by atoms with Crippen molar-refractivity contribution in [1.29, 1.82) is 0 Å². The van der Waals surface area contributed by atoms with E-state index in [9.17, 15) is 9.59 Å². The number of methoxy groups -OCH3 is 1. The van der Waals surface area contributed by atoms with Crippen LogP contribution in [0.15, 0.2) is 66.0 Å². The predicted molar refractivity (Wildman–Crippen MR) is 155 cm³/mol. The number of nitrogens with zero attached hydrogens (tertiary/aromatic N) is 3. The third-order valence-electron chi connectivity index (χ3n) is 7.88. The van der Waals surface area contributed by atoms with Crippen LogP contribution in [-0.2, 0) is 17.9 Å². The van der Waals surface area contributed by atoms with Crippen LogP contribution in [0.25, 0.3) is 0 Å². The fraction of sp³-hybridized carbons (Fsp3) is 0.419. The Kier molecular flexibility index (Phi) is 8.96. The second-order valence-corrected chi connectivity index (χ2v) is 11.4. The number of amides is 2. The highest BCUT2D eigenvalue weighted by Crippen LogP contribution is 2.30. The summed E-state index contributed by atoms with van der Waals surface area (Å²) >= 11 is 1.44. The Morgan fingerprint density at radius 2 is 1.92 bits per heavy atom. The highest BCUT2D eigenvalue weighted by atomic mass is 32.1. The molecule has 0 aliphatic carbocycles. The summed E-state index contributed by atoms with van der Waals surface area (Å²) < 4.78 is 5.49. The number of nitrogens with one attached hydrogen (secondary N) is 1. The molecular weight excluding hydrogens is 508 g/mol. The number of ether oxygens (including phenoxy) is 1. The first-order chi connectivity index (χ1) is 19.0. The minimum absolute atomic E-state index is 0.0405. The normalized spacial score (nSPS) is 19.8. The molecule has 0 spiro atoms. The monoisotopic (exact) mass is 546 g/mol.